The molecule has 0 saturated carbocycles. The molecule has 0 aliphatic carbocycles. The molecule has 0 radical (unpaired) electrons. The Kier molecular flexibility index (Phi) is 43.5. The summed E-state index contributed by atoms with van der Waals surface area (Å²) in [5, 5.41) is 0. The van der Waals surface area contributed by atoms with Crippen LogP contribution in [0.15, 0.2) is 0 Å². The maximum atomic E-state index is 2.66. The van der Waals surface area contributed by atoms with Gasteiger partial charge in [-0.2, -0.15) is 0 Å². The molecule has 6 aliphatic heterocycles. The number of hydrogen-bond acceptors (Lipinski definition) is 2. The Morgan fingerprint density at radius 3 is 0.833 bits per heavy atom. The van der Waals surface area contributed by atoms with Crippen LogP contribution in [-0.4, -0.2) is 110 Å². The van der Waals surface area contributed by atoms with E-state index in [2.05, 4.69) is 196 Å². The van der Waals surface area contributed by atoms with Gasteiger partial charge in [-0.1, -0.05) is 12.8 Å². The average molecular weight is 1860 g/mol. The fraction of sp³-hybridized carbons (Fsp3) is 1.00. The molecule has 0 aromatic carbocycles. The number of quaternary nitrogens is 2. The van der Waals surface area contributed by atoms with Gasteiger partial charge >= 0.3 is 101 Å². The molecule has 0 amide bonds. The van der Waals surface area contributed by atoms with E-state index >= 15 is 0 Å². The van der Waals surface area contributed by atoms with Gasteiger partial charge in [0.2, 0.25) is 0 Å². The number of nitrogens with zero attached hydrogens (tertiary/aromatic N) is 4. The topological polar surface area (TPSA) is 6.48 Å². The third kappa shape index (κ3) is 22.2. The zero-order valence-corrected chi connectivity index (χ0v) is 46.4. The van der Waals surface area contributed by atoms with Gasteiger partial charge in [0.25, 0.3) is 0 Å². The number of hydrogen-bond donors (Lipinski definition) is 0. The fourth-order valence-electron chi connectivity index (χ4n) is 5.74. The molecule has 4 nitrogen and oxygen atoms in total. The molecule has 6 heterocycles. The second kappa shape index (κ2) is 33.5. The molecule has 6 fully saturated rings. The van der Waals surface area contributed by atoms with Gasteiger partial charge in [0.1, 0.15) is 0 Å². The molecule has 0 aromatic heterocycles. The molecule has 0 spiro atoms. The molecule has 36 heavy (non-hydrogen) atoms. The van der Waals surface area contributed by atoms with E-state index in [0.717, 1.165) is 0 Å². The van der Waals surface area contributed by atoms with E-state index in [9.17, 15) is 0 Å². The van der Waals surface area contributed by atoms with E-state index in [0.29, 0.717) is 26.5 Å². The van der Waals surface area contributed by atoms with Crippen LogP contribution >= 0.6 is 186 Å². The maximum absolute atomic E-state index is 2.66. The van der Waals surface area contributed by atoms with Crippen LogP contribution in [-0.2, 0) is 0 Å². The van der Waals surface area contributed by atoms with Crippen LogP contribution in [0.4, 0.5) is 0 Å². The van der Waals surface area contributed by atoms with Crippen molar-refractivity contribution in [2.45, 2.75) is 38.5 Å². The molecule has 6 aliphatic rings. The summed E-state index contributed by atoms with van der Waals surface area (Å²) in [4.78, 5) is 5.32. The molecule has 6 rings (SSSR count). The van der Waals surface area contributed by atoms with Crippen molar-refractivity contribution in [3.8, 4) is 0 Å². The summed E-state index contributed by atoms with van der Waals surface area (Å²) in [5.74, 6) is 0. The molecule has 4 bridgehead atoms. The SMILES string of the molecule is C(CCCC[N+]12CCN(CC1)CC2)CCC[N+]12CCN(CC1)CC2.II.II.II.I[I-]I.I[I-]I. The van der Waals surface area contributed by atoms with E-state index in [1.165, 1.54) is 139 Å². The first-order chi connectivity index (χ1) is 17.6. The summed E-state index contributed by atoms with van der Waals surface area (Å²) in [6.07, 6.45) is 8.91. The van der Waals surface area contributed by atoms with Crippen LogP contribution in [0.25, 0.3) is 0 Å². The second-order valence-corrected chi connectivity index (χ2v) is 41.9. The normalized spacial score (nSPS) is 29.1. The van der Waals surface area contributed by atoms with Crippen LogP contribution in [0.3, 0.4) is 0 Å². The minimum absolute atomic E-state index is 0.530. The van der Waals surface area contributed by atoms with Gasteiger partial charge < -0.3 is 8.97 Å². The van der Waals surface area contributed by atoms with Crippen LogP contribution < -0.4 is 26.5 Å². The van der Waals surface area contributed by atoms with Gasteiger partial charge in [0.05, 0.1) is 52.4 Å². The third-order valence-corrected chi connectivity index (χ3v) is 7.86. The summed E-state index contributed by atoms with van der Waals surface area (Å²) < 4.78 is 2.93. The van der Waals surface area contributed by atoms with E-state index in [1.54, 1.807) is 0 Å². The van der Waals surface area contributed by atoms with Gasteiger partial charge in [-0.15, -0.1) is 0 Å². The monoisotopic (exact) mass is 1860 g/mol. The molecule has 16 heteroatoms. The summed E-state index contributed by atoms with van der Waals surface area (Å²) >= 11 is 23.3. The van der Waals surface area contributed by atoms with Crippen LogP contribution in [0.1, 0.15) is 38.5 Å². The van der Waals surface area contributed by atoms with Gasteiger partial charge in [0.15, 0.2) is 0 Å². The Morgan fingerprint density at radius 2 is 0.611 bits per heavy atom. The zero-order valence-electron chi connectivity index (χ0n) is 20.5. The first-order valence-corrected chi connectivity index (χ1v) is 55.9. The van der Waals surface area contributed by atoms with Crippen molar-refractivity contribution in [1.29, 1.82) is 0 Å². The van der Waals surface area contributed by atoms with Crippen molar-refractivity contribution in [2.75, 3.05) is 91.6 Å². The molecule has 0 N–H and O–H groups in total. The minimum atomic E-state index is 0.530. The molecular formula is C20H40I12N4. The molecule has 224 valence electrons. The number of unbranched alkanes of at least 4 members (excludes halogenated alkanes) is 5. The van der Waals surface area contributed by atoms with E-state index in [1.807, 2.05) is 0 Å². The van der Waals surface area contributed by atoms with Crippen molar-refractivity contribution in [2.24, 2.45) is 0 Å². The first-order valence-electron chi connectivity index (χ1n) is 11.9. The Bertz CT molecular complexity index is 387. The number of halogens is 12. The number of rotatable bonds is 9. The summed E-state index contributed by atoms with van der Waals surface area (Å²) in [6, 6.07) is 0. The van der Waals surface area contributed by atoms with E-state index in [-0.39, 0.29) is 0 Å². The molecule has 0 unspecified atom stereocenters. The van der Waals surface area contributed by atoms with Gasteiger partial charge in [-0.3, -0.25) is 9.80 Å². The fourth-order valence-corrected chi connectivity index (χ4v) is 5.74. The first kappa shape index (κ1) is 46.7. The van der Waals surface area contributed by atoms with E-state index < -0.39 is 0 Å². The van der Waals surface area contributed by atoms with Gasteiger partial charge in [0, 0.05) is 151 Å². The van der Waals surface area contributed by atoms with Gasteiger partial charge in [-0.25, -0.2) is 0 Å². The molecule has 6 saturated heterocycles. The molecule has 0 atom stereocenters. The summed E-state index contributed by atoms with van der Waals surface area (Å²) in [6.45, 7) is 19.8. The third-order valence-electron chi connectivity index (χ3n) is 7.86. The van der Waals surface area contributed by atoms with Crippen LogP contribution in [0.2, 0.25) is 0 Å². The number of fused-ring (bicyclic) bond motifs is 6. The van der Waals surface area contributed by atoms with E-state index in [4.69, 9.17) is 0 Å². The van der Waals surface area contributed by atoms with Crippen LogP contribution in [0.5, 0.6) is 0 Å². The molecule has 0 aromatic rings. The van der Waals surface area contributed by atoms with Crippen LogP contribution in [0, 0.1) is 0 Å². The zero-order chi connectivity index (χ0) is 27.7. The quantitative estimate of drug-likeness (QED) is 0.191. The van der Waals surface area contributed by atoms with Gasteiger partial charge in [-0.05, 0) is 25.7 Å². The summed E-state index contributed by atoms with van der Waals surface area (Å²) in [5.41, 5.74) is 0. The van der Waals surface area contributed by atoms with Crippen molar-refractivity contribution in [3.63, 3.8) is 0 Å². The van der Waals surface area contributed by atoms with Crippen molar-refractivity contribution in [3.05, 3.63) is 0 Å². The second-order valence-electron chi connectivity index (χ2n) is 9.38. The Hall–Kier alpha value is 8.60. The van der Waals surface area contributed by atoms with Crippen molar-refractivity contribution in [1.82, 2.24) is 9.80 Å². The van der Waals surface area contributed by atoms with Crippen molar-refractivity contribution >= 4 is 186 Å². The number of piperazine rings is 6. The Morgan fingerprint density at radius 1 is 0.417 bits per heavy atom. The van der Waals surface area contributed by atoms with Crippen molar-refractivity contribution < 1.29 is 35.5 Å². The standard InChI is InChI=1S/C20H40N4.2I3.3I2/c1(3-5-13-23-15-7-21(8-16-23)9-17-23)2-4-6-14-24-18-10-22(11-19-24)12-20-24;2*1-3-2;3*1-2/h1-20H2;;;;;/q+2;2*-1;;;. The predicted molar refractivity (Wildman–Crippen MR) is 240 cm³/mol. The summed E-state index contributed by atoms with van der Waals surface area (Å²) in [7, 11) is 0. The Balaban J connectivity index is 0. The Labute approximate surface area is 352 Å². The predicted octanol–water partition coefficient (Wildman–Crippen LogP) is 4.48. The average Bonchev–Trinajstić information content (AvgIpc) is 2.96. The molecular weight excluding hydrogens is 1820 g/mol.